The summed E-state index contributed by atoms with van der Waals surface area (Å²) in [5.41, 5.74) is 9.53. The van der Waals surface area contributed by atoms with E-state index in [1.165, 1.54) is 0 Å². The Morgan fingerprint density at radius 1 is 0.434 bits per heavy atom. The van der Waals surface area contributed by atoms with E-state index in [0.29, 0.717) is 57.0 Å². The van der Waals surface area contributed by atoms with Crippen LogP contribution in [0, 0.1) is 0 Å². The van der Waals surface area contributed by atoms with Gasteiger partial charge in [-0.15, -0.1) is 6.58 Å². The smallest absolute Gasteiger partial charge is 0.324 e. The molecule has 0 saturated heterocycles. The van der Waals surface area contributed by atoms with Crippen LogP contribution < -0.4 is 36.6 Å². The van der Waals surface area contributed by atoms with Crippen molar-refractivity contribution in [1.82, 2.24) is 41.2 Å². The fourth-order valence-electron chi connectivity index (χ4n) is 8.66. The minimum absolute atomic E-state index is 0.316. The predicted octanol–water partition coefficient (Wildman–Crippen LogP) is 16.7. The van der Waals surface area contributed by atoms with E-state index in [0.717, 1.165) is 77.4 Å². The molecule has 19 heteroatoms. The van der Waals surface area contributed by atoms with Gasteiger partial charge < -0.3 is 20.7 Å². The summed E-state index contributed by atoms with van der Waals surface area (Å²) in [7, 11) is 0. The molecular formula is C64H51Cl3N12O4. The van der Waals surface area contributed by atoms with Crippen molar-refractivity contribution in [2.24, 2.45) is 0 Å². The number of nitrogens with zero attached hydrogens (tertiary/aromatic N) is 3. The van der Waals surface area contributed by atoms with Gasteiger partial charge in [-0.2, -0.15) is 15.3 Å². The van der Waals surface area contributed by atoms with Crippen LogP contribution in [0.3, 0.4) is 0 Å². The number of carbonyl (C=O) groups excluding carboxylic acids is 3. The number of amides is 6. The van der Waals surface area contributed by atoms with Gasteiger partial charge in [-0.25, -0.2) is 14.4 Å². The lowest BCUT2D eigenvalue weighted by molar-refractivity contribution is 0.251. The number of carbonyl (C=O) groups is 3. The van der Waals surface area contributed by atoms with E-state index in [1.54, 1.807) is 42.5 Å². The van der Waals surface area contributed by atoms with E-state index in [9.17, 15) is 14.4 Å². The van der Waals surface area contributed by atoms with Crippen LogP contribution in [-0.4, -0.2) is 55.2 Å². The van der Waals surface area contributed by atoms with Gasteiger partial charge in [-0.05, 0) is 95.1 Å². The highest BCUT2D eigenvalue weighted by molar-refractivity contribution is 6.35. The Morgan fingerprint density at radius 2 is 0.795 bits per heavy atom. The Morgan fingerprint density at radius 3 is 1.20 bits per heavy atom. The maximum absolute atomic E-state index is 12.6. The van der Waals surface area contributed by atoms with Gasteiger partial charge in [-0.3, -0.25) is 31.2 Å². The lowest BCUT2D eigenvalue weighted by atomic mass is 10.0. The van der Waals surface area contributed by atoms with Gasteiger partial charge in [0.1, 0.15) is 11.5 Å². The number of aromatic amines is 3. The van der Waals surface area contributed by atoms with Gasteiger partial charge in [0.15, 0.2) is 17.5 Å². The van der Waals surface area contributed by atoms with Crippen molar-refractivity contribution < 1.29 is 19.1 Å². The van der Waals surface area contributed by atoms with Gasteiger partial charge in [-0.1, -0.05) is 180 Å². The first kappa shape index (κ1) is 55.9. The minimum Gasteiger partial charge on any atom is -0.457 e. The third-order valence-corrected chi connectivity index (χ3v) is 13.6. The molecule has 3 aromatic heterocycles. The van der Waals surface area contributed by atoms with Gasteiger partial charge in [0.05, 0.1) is 31.6 Å². The van der Waals surface area contributed by atoms with Crippen molar-refractivity contribution >= 4 is 109 Å². The molecule has 0 aliphatic carbocycles. The van der Waals surface area contributed by atoms with E-state index in [-0.39, 0.29) is 12.1 Å². The van der Waals surface area contributed by atoms with Crippen LogP contribution in [0.5, 0.6) is 11.5 Å². The summed E-state index contributed by atoms with van der Waals surface area (Å²) in [4.78, 5) is 36.6. The van der Waals surface area contributed by atoms with Crippen LogP contribution in [0.1, 0.15) is 5.56 Å². The van der Waals surface area contributed by atoms with Gasteiger partial charge >= 0.3 is 18.1 Å². The monoisotopic (exact) mass is 1160 g/mol. The molecule has 0 bridgehead atoms. The normalized spacial score (nSPS) is 10.6. The average Bonchev–Trinajstić information content (AvgIpc) is 4.41. The molecule has 0 aliphatic heterocycles. The number of halogens is 3. The number of aromatic nitrogens is 6. The second-order valence-corrected chi connectivity index (χ2v) is 19.6. The summed E-state index contributed by atoms with van der Waals surface area (Å²) in [5.74, 6) is 2.76. The molecule has 16 nitrogen and oxygen atoms in total. The number of ether oxygens (including phenoxy) is 1. The van der Waals surface area contributed by atoms with Gasteiger partial charge in [0.25, 0.3) is 0 Å². The summed E-state index contributed by atoms with van der Waals surface area (Å²) in [6.07, 6.45) is 1.61. The molecule has 0 fully saturated rings. The summed E-state index contributed by atoms with van der Waals surface area (Å²) in [6.45, 7) is 4.38. The van der Waals surface area contributed by atoms with Crippen molar-refractivity contribution in [3.63, 3.8) is 0 Å². The Kier molecular flexibility index (Phi) is 18.0. The number of urea groups is 3. The molecule has 3 heterocycles. The molecule has 0 aliphatic rings. The number of H-pyrrole nitrogens is 3. The molecule has 0 atom stereocenters. The number of fused-ring (bicyclic) bond motifs is 3. The van der Waals surface area contributed by atoms with Crippen LogP contribution in [0.2, 0.25) is 15.1 Å². The second-order valence-electron chi connectivity index (χ2n) is 18.4. The summed E-state index contributed by atoms with van der Waals surface area (Å²) in [6, 6.07) is 66.0. The molecule has 0 saturated carbocycles. The third-order valence-electron chi connectivity index (χ3n) is 12.7. The number of para-hydroxylation sites is 1. The molecule has 83 heavy (non-hydrogen) atoms. The van der Waals surface area contributed by atoms with Crippen LogP contribution in [-0.2, 0) is 6.54 Å². The van der Waals surface area contributed by atoms with E-state index < -0.39 is 6.03 Å². The maximum atomic E-state index is 12.6. The van der Waals surface area contributed by atoms with Crippen molar-refractivity contribution in [3.05, 3.63) is 246 Å². The van der Waals surface area contributed by atoms with Gasteiger partial charge in [0.2, 0.25) is 0 Å². The Bertz CT molecular complexity index is 4190. The van der Waals surface area contributed by atoms with Crippen LogP contribution in [0.15, 0.2) is 225 Å². The Balaban J connectivity index is 0.000000142. The van der Waals surface area contributed by atoms with Crippen molar-refractivity contribution in [2.75, 3.05) is 27.8 Å². The topological polar surface area (TPSA) is 219 Å². The molecule has 12 rings (SSSR count). The third kappa shape index (κ3) is 14.3. The highest BCUT2D eigenvalue weighted by Gasteiger charge is 2.17. The fourth-order valence-corrected chi connectivity index (χ4v) is 9.48. The van der Waals surface area contributed by atoms with E-state index in [4.69, 9.17) is 39.5 Å². The highest BCUT2D eigenvalue weighted by Crippen LogP contribution is 2.37. The highest BCUT2D eigenvalue weighted by atomic mass is 35.5. The number of benzene rings is 9. The number of hydrogen-bond acceptors (Lipinski definition) is 7. The summed E-state index contributed by atoms with van der Waals surface area (Å²) >= 11 is 19.3. The zero-order valence-electron chi connectivity index (χ0n) is 44.0. The van der Waals surface area contributed by atoms with Crippen molar-refractivity contribution in [3.8, 4) is 44.9 Å². The molecule has 6 amide bonds. The van der Waals surface area contributed by atoms with E-state index >= 15 is 0 Å². The van der Waals surface area contributed by atoms with Crippen LogP contribution in [0.4, 0.5) is 37.5 Å². The SMILES string of the molecule is C=CCNC(=O)Nc1n[nH]c2cc(Cl)c(-c3ccccc3)cc12.O=C(NCc1ccccc1)Nc1n[nH]c2cc(Cl)c(-c3ccccc3)cc12.O=C(Nc1ccc(Oc2ccccc2)cc1)Nc1n[nH]c2cc(Cl)c(-c3ccccc3)cc12. The quantitative estimate of drug-likeness (QED) is 0.0508. The van der Waals surface area contributed by atoms with E-state index in [2.05, 4.69) is 69.1 Å². The first-order chi connectivity index (χ1) is 40.5. The first-order valence-electron chi connectivity index (χ1n) is 25.9. The second kappa shape index (κ2) is 26.7. The summed E-state index contributed by atoms with van der Waals surface area (Å²) < 4.78 is 5.78. The van der Waals surface area contributed by atoms with Gasteiger partial charge in [0, 0.05) is 51.6 Å². The largest absolute Gasteiger partial charge is 0.457 e. The zero-order valence-corrected chi connectivity index (χ0v) is 46.3. The Labute approximate surface area is 491 Å². The lowest BCUT2D eigenvalue weighted by Gasteiger charge is -2.09. The molecule has 0 radical (unpaired) electrons. The molecule has 12 aromatic rings. The average molecular weight is 1160 g/mol. The number of rotatable bonds is 13. The maximum Gasteiger partial charge on any atom is 0.324 e. The first-order valence-corrected chi connectivity index (χ1v) is 27.0. The predicted molar refractivity (Wildman–Crippen MR) is 335 cm³/mol. The Hall–Kier alpha value is -10.4. The molecule has 412 valence electrons. The molecule has 0 unspecified atom stereocenters. The number of anilines is 4. The fraction of sp³-hybridized carbons (Fsp3) is 0.0312. The number of nitrogens with one attached hydrogen (secondary N) is 9. The van der Waals surface area contributed by atoms with Crippen molar-refractivity contribution in [1.29, 1.82) is 0 Å². The van der Waals surface area contributed by atoms with E-state index in [1.807, 2.05) is 176 Å². The zero-order chi connectivity index (χ0) is 57.5. The summed E-state index contributed by atoms with van der Waals surface area (Å²) in [5, 5.41) is 42.1. The molecule has 0 spiro atoms. The van der Waals surface area contributed by atoms with Crippen LogP contribution >= 0.6 is 34.8 Å². The molecule has 9 N–H and O–H groups in total. The standard InChI is InChI=1S/C26H19ClN4O2.C21H17ClN4O.C17H15ClN4O/c27-23-16-24-22(15-21(23)17-7-3-1-4-8-17)25(31-30-24)29-26(32)28-18-11-13-20(14-12-18)33-19-9-5-2-6-10-19;22-18-12-19-17(11-16(18)15-9-5-2-6-10-15)20(26-25-19)24-21(27)23-13-14-7-3-1-4-8-14;1-2-8-19-17(23)20-16-13-9-12(11-6-4-3-5-7-11)14(18)10-15(13)21-22-16/h1-16H,(H3,28,29,30,31,32);1-12H,13H2,(H3,23,24,25,26,27);2-7,9-10H,1,8H2,(H3,19,20,21,22,23). The lowest BCUT2D eigenvalue weighted by Crippen LogP contribution is -2.28. The van der Waals surface area contributed by atoms with Crippen molar-refractivity contribution in [2.45, 2.75) is 6.54 Å². The molecular weight excluding hydrogens is 1110 g/mol. The molecule has 9 aromatic carbocycles. The minimum atomic E-state index is -0.406. The number of hydrogen-bond donors (Lipinski definition) is 9. The van der Waals surface area contributed by atoms with Crippen LogP contribution in [0.25, 0.3) is 66.1 Å².